The third-order valence-electron chi connectivity index (χ3n) is 2.85. The number of nitrogens with one attached hydrogen (secondary N) is 1. The number of amides is 1. The van der Waals surface area contributed by atoms with E-state index in [1.165, 1.54) is 25.1 Å². The van der Waals surface area contributed by atoms with Crippen LogP contribution >= 0.6 is 0 Å². The zero-order valence-electron chi connectivity index (χ0n) is 11.1. The predicted octanol–water partition coefficient (Wildman–Crippen LogP) is 1.63. The van der Waals surface area contributed by atoms with Gasteiger partial charge in [0.1, 0.15) is 28.6 Å². The monoisotopic (exact) mass is 291 g/mol. The number of carbonyl (C=O) groups excluding carboxylic acids is 1. The SMILES string of the molecule is Cc1oc(CNC(=O)c2cc(O)ccc2O)cc1C(=O)O. The first-order valence-electron chi connectivity index (χ1n) is 6.01. The minimum Gasteiger partial charge on any atom is -0.508 e. The molecule has 0 bridgehead atoms. The molecule has 2 aromatic rings. The molecule has 4 N–H and O–H groups in total. The van der Waals surface area contributed by atoms with Gasteiger partial charge < -0.3 is 25.1 Å². The van der Waals surface area contributed by atoms with E-state index in [1.54, 1.807) is 0 Å². The largest absolute Gasteiger partial charge is 0.508 e. The van der Waals surface area contributed by atoms with Gasteiger partial charge in [0, 0.05) is 0 Å². The molecule has 1 aromatic heterocycles. The fourth-order valence-electron chi connectivity index (χ4n) is 1.81. The Bertz CT molecular complexity index is 703. The van der Waals surface area contributed by atoms with E-state index in [4.69, 9.17) is 9.52 Å². The average Bonchev–Trinajstić information content (AvgIpc) is 2.80. The van der Waals surface area contributed by atoms with E-state index < -0.39 is 11.9 Å². The fourth-order valence-corrected chi connectivity index (χ4v) is 1.81. The predicted molar refractivity (Wildman–Crippen MR) is 71.3 cm³/mol. The van der Waals surface area contributed by atoms with Crippen molar-refractivity contribution in [1.29, 1.82) is 0 Å². The number of phenolic OH excluding ortho intramolecular Hbond substituents is 2. The van der Waals surface area contributed by atoms with Gasteiger partial charge in [0.25, 0.3) is 5.91 Å². The smallest absolute Gasteiger partial charge is 0.339 e. The molecule has 0 radical (unpaired) electrons. The molecule has 0 fully saturated rings. The Morgan fingerprint density at radius 1 is 1.19 bits per heavy atom. The summed E-state index contributed by atoms with van der Waals surface area (Å²) in [6.07, 6.45) is 0. The summed E-state index contributed by atoms with van der Waals surface area (Å²) < 4.78 is 5.21. The molecule has 0 atom stereocenters. The normalized spacial score (nSPS) is 10.3. The maximum absolute atomic E-state index is 11.9. The highest BCUT2D eigenvalue weighted by atomic mass is 16.4. The number of carbonyl (C=O) groups is 2. The third-order valence-corrected chi connectivity index (χ3v) is 2.85. The molecule has 0 aliphatic rings. The number of carboxylic acids is 1. The molecule has 0 aliphatic heterocycles. The maximum Gasteiger partial charge on any atom is 0.339 e. The minimum atomic E-state index is -1.11. The summed E-state index contributed by atoms with van der Waals surface area (Å²) in [6.45, 7) is 1.47. The number of rotatable bonds is 4. The van der Waals surface area contributed by atoms with Gasteiger partial charge in [-0.15, -0.1) is 0 Å². The van der Waals surface area contributed by atoms with Gasteiger partial charge in [-0.05, 0) is 31.2 Å². The first kappa shape index (κ1) is 14.4. The Morgan fingerprint density at radius 3 is 2.52 bits per heavy atom. The van der Waals surface area contributed by atoms with Gasteiger partial charge in [-0.25, -0.2) is 4.79 Å². The molecule has 0 unspecified atom stereocenters. The topological polar surface area (TPSA) is 120 Å². The Hall–Kier alpha value is -2.96. The van der Waals surface area contributed by atoms with Crippen molar-refractivity contribution in [2.75, 3.05) is 0 Å². The quantitative estimate of drug-likeness (QED) is 0.635. The number of carboxylic acid groups (broad SMARTS) is 1. The van der Waals surface area contributed by atoms with Gasteiger partial charge in [-0.3, -0.25) is 4.79 Å². The molecule has 7 nitrogen and oxygen atoms in total. The number of aromatic hydroxyl groups is 2. The lowest BCUT2D eigenvalue weighted by Crippen LogP contribution is -2.22. The van der Waals surface area contributed by atoms with Crippen LogP contribution in [0, 0.1) is 6.92 Å². The fraction of sp³-hybridized carbons (Fsp3) is 0.143. The van der Waals surface area contributed by atoms with E-state index in [0.29, 0.717) is 0 Å². The van der Waals surface area contributed by atoms with Gasteiger partial charge >= 0.3 is 5.97 Å². The number of hydrogen-bond acceptors (Lipinski definition) is 5. The van der Waals surface area contributed by atoms with Gasteiger partial charge in [-0.1, -0.05) is 0 Å². The van der Waals surface area contributed by atoms with Crippen molar-refractivity contribution in [2.24, 2.45) is 0 Å². The molecule has 1 aromatic carbocycles. The van der Waals surface area contributed by atoms with Crippen LogP contribution in [0.1, 0.15) is 32.2 Å². The molecule has 0 aliphatic carbocycles. The van der Waals surface area contributed by atoms with Gasteiger partial charge in [-0.2, -0.15) is 0 Å². The van der Waals surface area contributed by atoms with Crippen LogP contribution < -0.4 is 5.32 Å². The molecule has 2 rings (SSSR count). The Kier molecular flexibility index (Phi) is 3.84. The summed E-state index contributed by atoms with van der Waals surface area (Å²) in [7, 11) is 0. The number of aryl methyl sites for hydroxylation is 1. The summed E-state index contributed by atoms with van der Waals surface area (Å²) in [6, 6.07) is 4.89. The zero-order valence-corrected chi connectivity index (χ0v) is 11.1. The minimum absolute atomic E-state index is 0.0273. The van der Waals surface area contributed by atoms with E-state index in [1.807, 2.05) is 0 Å². The van der Waals surface area contributed by atoms with E-state index in [9.17, 15) is 19.8 Å². The molecule has 0 saturated heterocycles. The van der Waals surface area contributed by atoms with Crippen molar-refractivity contribution in [1.82, 2.24) is 5.32 Å². The van der Waals surface area contributed by atoms with Crippen LogP contribution in [-0.4, -0.2) is 27.2 Å². The highest BCUT2D eigenvalue weighted by molar-refractivity contribution is 5.97. The second-order valence-corrected chi connectivity index (χ2v) is 4.37. The van der Waals surface area contributed by atoms with E-state index >= 15 is 0 Å². The average molecular weight is 291 g/mol. The lowest BCUT2D eigenvalue weighted by molar-refractivity contribution is 0.0694. The second-order valence-electron chi connectivity index (χ2n) is 4.37. The molecule has 0 saturated carbocycles. The summed E-state index contributed by atoms with van der Waals surface area (Å²) in [5, 5.41) is 30.2. The Balaban J connectivity index is 2.09. The Labute approximate surface area is 119 Å². The maximum atomic E-state index is 11.9. The molecular formula is C14H13NO6. The molecule has 21 heavy (non-hydrogen) atoms. The van der Waals surface area contributed by atoms with Crippen LogP contribution in [0.25, 0.3) is 0 Å². The molecule has 0 spiro atoms. The highest BCUT2D eigenvalue weighted by Crippen LogP contribution is 2.22. The van der Waals surface area contributed by atoms with E-state index in [-0.39, 0.29) is 40.7 Å². The number of benzene rings is 1. The van der Waals surface area contributed by atoms with Crippen LogP contribution in [0.2, 0.25) is 0 Å². The summed E-state index contributed by atoms with van der Waals surface area (Å²) in [5.74, 6) is -1.63. The van der Waals surface area contributed by atoms with Gasteiger partial charge in [0.15, 0.2) is 0 Å². The first-order valence-corrected chi connectivity index (χ1v) is 6.01. The summed E-state index contributed by atoms with van der Waals surface area (Å²) in [5.41, 5.74) is -0.0591. The molecular weight excluding hydrogens is 278 g/mol. The lowest BCUT2D eigenvalue weighted by atomic mass is 10.1. The summed E-state index contributed by atoms with van der Waals surface area (Å²) >= 11 is 0. The number of furan rings is 1. The van der Waals surface area contributed by atoms with Crippen molar-refractivity contribution >= 4 is 11.9 Å². The molecule has 110 valence electrons. The van der Waals surface area contributed by atoms with Crippen molar-refractivity contribution in [3.05, 3.63) is 46.9 Å². The van der Waals surface area contributed by atoms with Crippen molar-refractivity contribution in [3.63, 3.8) is 0 Å². The lowest BCUT2D eigenvalue weighted by Gasteiger charge is -2.05. The third kappa shape index (κ3) is 3.14. The standard InChI is InChI=1S/C14H13NO6/c1-7-10(14(19)20)5-9(21-7)6-15-13(18)11-4-8(16)2-3-12(11)17/h2-5,16-17H,6H2,1H3,(H,15,18)(H,19,20). The first-order chi connectivity index (χ1) is 9.88. The number of aromatic carboxylic acids is 1. The molecule has 1 heterocycles. The van der Waals surface area contributed by atoms with Crippen molar-refractivity contribution in [3.8, 4) is 11.5 Å². The molecule has 1 amide bonds. The van der Waals surface area contributed by atoms with Crippen LogP contribution in [0.3, 0.4) is 0 Å². The second kappa shape index (κ2) is 5.58. The number of hydrogen-bond donors (Lipinski definition) is 4. The van der Waals surface area contributed by atoms with Crippen molar-refractivity contribution in [2.45, 2.75) is 13.5 Å². The van der Waals surface area contributed by atoms with Gasteiger partial charge in [0.05, 0.1) is 12.1 Å². The zero-order chi connectivity index (χ0) is 15.6. The van der Waals surface area contributed by atoms with E-state index in [0.717, 1.165) is 6.07 Å². The van der Waals surface area contributed by atoms with Gasteiger partial charge in [0.2, 0.25) is 0 Å². The van der Waals surface area contributed by atoms with Crippen molar-refractivity contribution < 1.29 is 29.3 Å². The Morgan fingerprint density at radius 2 is 1.90 bits per heavy atom. The molecule has 7 heteroatoms. The van der Waals surface area contributed by atoms with E-state index in [2.05, 4.69) is 5.32 Å². The summed E-state index contributed by atoms with van der Waals surface area (Å²) in [4.78, 5) is 22.7. The van der Waals surface area contributed by atoms with Crippen LogP contribution in [-0.2, 0) is 6.54 Å². The van der Waals surface area contributed by atoms with Crippen LogP contribution in [0.15, 0.2) is 28.7 Å². The number of phenols is 2. The van der Waals surface area contributed by atoms with Crippen LogP contribution in [0.4, 0.5) is 0 Å². The highest BCUT2D eigenvalue weighted by Gasteiger charge is 2.16. The van der Waals surface area contributed by atoms with Crippen LogP contribution in [0.5, 0.6) is 11.5 Å².